The molecule has 1 rings (SSSR count). The summed E-state index contributed by atoms with van der Waals surface area (Å²) < 4.78 is 6.48. The first-order valence-electron chi connectivity index (χ1n) is 6.43. The number of rotatable bonds is 9. The van der Waals surface area contributed by atoms with Gasteiger partial charge in [-0.15, -0.1) is 11.8 Å². The fourth-order valence-electron chi connectivity index (χ4n) is 1.55. The van der Waals surface area contributed by atoms with Crippen LogP contribution in [0.5, 0.6) is 0 Å². The summed E-state index contributed by atoms with van der Waals surface area (Å²) in [5.41, 5.74) is 0. The van der Waals surface area contributed by atoms with Gasteiger partial charge in [0.25, 0.3) is 0 Å². The van der Waals surface area contributed by atoms with Crippen molar-refractivity contribution in [1.29, 1.82) is 0 Å². The Morgan fingerprint density at radius 3 is 2.89 bits per heavy atom. The van der Waals surface area contributed by atoms with Crippen LogP contribution in [0.2, 0.25) is 0 Å². The third-order valence-electron chi connectivity index (χ3n) is 2.44. The van der Waals surface area contributed by atoms with Crippen molar-refractivity contribution >= 4 is 27.7 Å². The summed E-state index contributed by atoms with van der Waals surface area (Å²) in [5, 5.41) is 4.03. The Hall–Kier alpha value is -0.0300. The summed E-state index contributed by atoms with van der Waals surface area (Å²) in [4.78, 5) is 1.31. The first kappa shape index (κ1) is 16.0. The molecule has 0 saturated heterocycles. The van der Waals surface area contributed by atoms with Crippen molar-refractivity contribution in [3.63, 3.8) is 0 Å². The van der Waals surface area contributed by atoms with Crippen LogP contribution in [-0.2, 0) is 4.74 Å². The minimum Gasteiger partial charge on any atom is -0.382 e. The molecule has 2 nitrogen and oxygen atoms in total. The lowest BCUT2D eigenvalue weighted by Crippen LogP contribution is -2.24. The van der Waals surface area contributed by atoms with Crippen molar-refractivity contribution in [2.24, 2.45) is 0 Å². The Bertz CT molecular complexity index is 335. The van der Waals surface area contributed by atoms with E-state index < -0.39 is 0 Å². The van der Waals surface area contributed by atoms with Crippen LogP contribution in [0.3, 0.4) is 0 Å². The molecule has 0 radical (unpaired) electrons. The highest BCUT2D eigenvalue weighted by molar-refractivity contribution is 9.10. The Kier molecular flexibility index (Phi) is 8.76. The number of ether oxygens (including phenoxy) is 1. The molecule has 0 aliphatic rings. The van der Waals surface area contributed by atoms with Crippen molar-refractivity contribution < 1.29 is 4.74 Å². The normalized spacial score (nSPS) is 12.6. The molecule has 1 aromatic rings. The second-order valence-electron chi connectivity index (χ2n) is 4.11. The van der Waals surface area contributed by atoms with Crippen molar-refractivity contribution in [3.8, 4) is 0 Å². The van der Waals surface area contributed by atoms with E-state index in [9.17, 15) is 0 Å². The molecule has 0 saturated carbocycles. The Morgan fingerprint density at radius 2 is 2.17 bits per heavy atom. The standard InChI is InChI=1S/C14H22BrNOS/c1-3-17-10-6-9-16-11-12(2)18-14-8-5-4-7-13(14)15/h4-5,7-8,12,16H,3,6,9-11H2,1-2H3. The van der Waals surface area contributed by atoms with Crippen LogP contribution in [0.1, 0.15) is 20.3 Å². The average Bonchev–Trinajstić information content (AvgIpc) is 2.36. The van der Waals surface area contributed by atoms with Gasteiger partial charge in [-0.25, -0.2) is 0 Å². The van der Waals surface area contributed by atoms with Gasteiger partial charge in [0.1, 0.15) is 0 Å². The number of thioether (sulfide) groups is 1. The van der Waals surface area contributed by atoms with Crippen LogP contribution in [0.4, 0.5) is 0 Å². The molecular weight excluding hydrogens is 310 g/mol. The van der Waals surface area contributed by atoms with Gasteiger partial charge in [0.05, 0.1) is 0 Å². The molecular formula is C14H22BrNOS. The van der Waals surface area contributed by atoms with Gasteiger partial charge in [-0.3, -0.25) is 0 Å². The van der Waals surface area contributed by atoms with E-state index in [1.807, 2.05) is 24.8 Å². The second-order valence-corrected chi connectivity index (χ2v) is 6.45. The van der Waals surface area contributed by atoms with Gasteiger partial charge in [0.2, 0.25) is 0 Å². The quantitative estimate of drug-likeness (QED) is 0.547. The van der Waals surface area contributed by atoms with Crippen LogP contribution in [0.15, 0.2) is 33.6 Å². The van der Waals surface area contributed by atoms with Gasteiger partial charge in [0.15, 0.2) is 0 Å². The van der Waals surface area contributed by atoms with Crippen LogP contribution < -0.4 is 5.32 Å². The predicted molar refractivity (Wildman–Crippen MR) is 83.4 cm³/mol. The average molecular weight is 332 g/mol. The highest BCUT2D eigenvalue weighted by Gasteiger charge is 2.06. The number of nitrogens with one attached hydrogen (secondary N) is 1. The smallest absolute Gasteiger partial charge is 0.0477 e. The molecule has 4 heteroatoms. The molecule has 1 atom stereocenters. The minimum atomic E-state index is 0.566. The van der Waals surface area contributed by atoms with E-state index in [0.717, 1.165) is 32.7 Å². The van der Waals surface area contributed by atoms with Crippen molar-refractivity contribution in [3.05, 3.63) is 28.7 Å². The summed E-state index contributed by atoms with van der Waals surface area (Å²) >= 11 is 5.48. The van der Waals surface area contributed by atoms with Crippen molar-refractivity contribution in [1.82, 2.24) is 5.32 Å². The summed E-state index contributed by atoms with van der Waals surface area (Å²) in [6, 6.07) is 8.37. The van der Waals surface area contributed by atoms with Crippen molar-refractivity contribution in [2.45, 2.75) is 30.4 Å². The van der Waals surface area contributed by atoms with E-state index >= 15 is 0 Å². The van der Waals surface area contributed by atoms with Crippen molar-refractivity contribution in [2.75, 3.05) is 26.3 Å². The van der Waals surface area contributed by atoms with Gasteiger partial charge in [-0.05, 0) is 48.0 Å². The topological polar surface area (TPSA) is 21.3 Å². The van der Waals surface area contributed by atoms with E-state index in [2.05, 4.69) is 46.4 Å². The number of halogens is 1. The fraction of sp³-hybridized carbons (Fsp3) is 0.571. The van der Waals surface area contributed by atoms with Crippen LogP contribution in [0.25, 0.3) is 0 Å². The Morgan fingerprint density at radius 1 is 1.39 bits per heavy atom. The molecule has 0 aliphatic heterocycles. The lowest BCUT2D eigenvalue weighted by Gasteiger charge is -2.13. The van der Waals surface area contributed by atoms with E-state index in [-0.39, 0.29) is 0 Å². The maximum absolute atomic E-state index is 5.30. The van der Waals surface area contributed by atoms with Gasteiger partial charge in [-0.1, -0.05) is 19.1 Å². The second kappa shape index (κ2) is 9.84. The minimum absolute atomic E-state index is 0.566. The zero-order chi connectivity index (χ0) is 13.2. The van der Waals surface area contributed by atoms with E-state index in [1.54, 1.807) is 0 Å². The van der Waals surface area contributed by atoms with E-state index in [1.165, 1.54) is 9.37 Å². The zero-order valence-corrected chi connectivity index (χ0v) is 13.5. The lowest BCUT2D eigenvalue weighted by molar-refractivity contribution is 0.145. The Labute approximate surface area is 123 Å². The van der Waals surface area contributed by atoms with E-state index in [4.69, 9.17) is 4.74 Å². The van der Waals surface area contributed by atoms with Crippen LogP contribution in [0, 0.1) is 0 Å². The van der Waals surface area contributed by atoms with Gasteiger partial charge in [0, 0.05) is 34.4 Å². The summed E-state index contributed by atoms with van der Waals surface area (Å²) in [6.07, 6.45) is 1.08. The molecule has 1 unspecified atom stereocenters. The third kappa shape index (κ3) is 6.78. The SMILES string of the molecule is CCOCCCNCC(C)Sc1ccccc1Br. The fourth-order valence-corrected chi connectivity index (χ4v) is 3.09. The molecule has 0 aromatic heterocycles. The molecule has 1 aromatic carbocycles. The number of hydrogen-bond donors (Lipinski definition) is 1. The van der Waals surface area contributed by atoms with Gasteiger partial charge >= 0.3 is 0 Å². The third-order valence-corrected chi connectivity index (χ3v) is 4.58. The summed E-state index contributed by atoms with van der Waals surface area (Å²) in [5.74, 6) is 0. The van der Waals surface area contributed by atoms with Crippen LogP contribution in [-0.4, -0.2) is 31.6 Å². The largest absolute Gasteiger partial charge is 0.382 e. The maximum Gasteiger partial charge on any atom is 0.0477 e. The molecule has 0 heterocycles. The lowest BCUT2D eigenvalue weighted by atomic mass is 10.4. The first-order valence-corrected chi connectivity index (χ1v) is 8.11. The number of hydrogen-bond acceptors (Lipinski definition) is 3. The zero-order valence-electron chi connectivity index (χ0n) is 11.1. The number of benzene rings is 1. The Balaban J connectivity index is 2.14. The molecule has 0 amide bonds. The molecule has 1 N–H and O–H groups in total. The summed E-state index contributed by atoms with van der Waals surface area (Å²) in [6.45, 7) is 8.01. The maximum atomic E-state index is 5.30. The predicted octanol–water partition coefficient (Wildman–Crippen LogP) is 3.95. The molecule has 102 valence electrons. The molecule has 0 fully saturated rings. The van der Waals surface area contributed by atoms with Crippen LogP contribution >= 0.6 is 27.7 Å². The summed E-state index contributed by atoms with van der Waals surface area (Å²) in [7, 11) is 0. The monoisotopic (exact) mass is 331 g/mol. The highest BCUT2D eigenvalue weighted by Crippen LogP contribution is 2.29. The molecule has 0 aliphatic carbocycles. The first-order chi connectivity index (χ1) is 8.74. The molecule has 0 bridgehead atoms. The van der Waals surface area contributed by atoms with Gasteiger partial charge < -0.3 is 10.1 Å². The molecule has 18 heavy (non-hydrogen) atoms. The highest BCUT2D eigenvalue weighted by atomic mass is 79.9. The van der Waals surface area contributed by atoms with E-state index in [0.29, 0.717) is 5.25 Å². The van der Waals surface area contributed by atoms with Gasteiger partial charge in [-0.2, -0.15) is 0 Å². The molecule has 0 spiro atoms.